The van der Waals surface area contributed by atoms with Gasteiger partial charge in [-0.15, -0.1) is 0 Å². The van der Waals surface area contributed by atoms with E-state index in [0.717, 1.165) is 0 Å². The van der Waals surface area contributed by atoms with Crippen LogP contribution in [0.5, 0.6) is 0 Å². The van der Waals surface area contributed by atoms with Crippen molar-refractivity contribution < 1.29 is 0 Å². The lowest BCUT2D eigenvalue weighted by atomic mass is 9.92. The Bertz CT molecular complexity index is 469. The molecule has 1 aromatic carbocycles. The summed E-state index contributed by atoms with van der Waals surface area (Å²) < 4.78 is 0. The van der Waals surface area contributed by atoms with Crippen LogP contribution in [0.1, 0.15) is 19.3 Å². The molecule has 3 rings (SSSR count). The van der Waals surface area contributed by atoms with E-state index in [1.807, 2.05) is 12.4 Å². The van der Waals surface area contributed by atoms with Crippen molar-refractivity contribution in [2.75, 3.05) is 5.32 Å². The molecule has 0 saturated heterocycles. The number of hydrogen-bond acceptors (Lipinski definition) is 2. The maximum atomic E-state index is 4.18. The first-order valence-corrected chi connectivity index (χ1v) is 5.53. The fraction of sp³-hybridized carbons (Fsp3) is 0.308. The first kappa shape index (κ1) is 8.72. The SMILES string of the molecule is c1cc(NC2CCC2)c2cnccc2c1. The standard InChI is InChI=1S/C13H14N2/c1-3-10-7-8-14-9-12(10)13(6-1)15-11-4-2-5-11/h1,3,6-9,11,15H,2,4-5H2. The lowest BCUT2D eigenvalue weighted by Gasteiger charge is -2.28. The van der Waals surface area contributed by atoms with Gasteiger partial charge < -0.3 is 5.32 Å². The Morgan fingerprint density at radius 1 is 1.20 bits per heavy atom. The first-order chi connectivity index (χ1) is 7.43. The van der Waals surface area contributed by atoms with E-state index in [1.54, 1.807) is 0 Å². The summed E-state index contributed by atoms with van der Waals surface area (Å²) in [5.41, 5.74) is 1.23. The Morgan fingerprint density at radius 2 is 2.13 bits per heavy atom. The average Bonchev–Trinajstić information content (AvgIpc) is 2.23. The van der Waals surface area contributed by atoms with Gasteiger partial charge in [-0.05, 0) is 36.8 Å². The molecule has 1 saturated carbocycles. The molecule has 1 fully saturated rings. The van der Waals surface area contributed by atoms with Gasteiger partial charge in [0, 0.05) is 29.5 Å². The van der Waals surface area contributed by atoms with Gasteiger partial charge in [-0.1, -0.05) is 12.1 Å². The second kappa shape index (κ2) is 3.54. The van der Waals surface area contributed by atoms with Crippen LogP contribution < -0.4 is 5.32 Å². The van der Waals surface area contributed by atoms with Crippen molar-refractivity contribution in [2.24, 2.45) is 0 Å². The molecule has 0 aliphatic heterocycles. The van der Waals surface area contributed by atoms with Gasteiger partial charge in [0.15, 0.2) is 0 Å². The molecule has 76 valence electrons. The smallest absolute Gasteiger partial charge is 0.0437 e. The van der Waals surface area contributed by atoms with Gasteiger partial charge in [-0.25, -0.2) is 0 Å². The summed E-state index contributed by atoms with van der Waals surface area (Å²) in [5, 5.41) is 6.07. The number of hydrogen-bond donors (Lipinski definition) is 1. The Kier molecular flexibility index (Phi) is 2.05. The second-order valence-corrected chi connectivity index (χ2v) is 4.17. The Balaban J connectivity index is 2.01. The Morgan fingerprint density at radius 3 is 2.93 bits per heavy atom. The molecule has 0 bridgehead atoms. The lowest BCUT2D eigenvalue weighted by Crippen LogP contribution is -2.26. The van der Waals surface area contributed by atoms with E-state index in [1.165, 1.54) is 35.7 Å². The summed E-state index contributed by atoms with van der Waals surface area (Å²) in [4.78, 5) is 4.18. The largest absolute Gasteiger partial charge is 0.382 e. The summed E-state index contributed by atoms with van der Waals surface area (Å²) in [6.45, 7) is 0. The van der Waals surface area contributed by atoms with Crippen molar-refractivity contribution in [1.82, 2.24) is 4.98 Å². The molecule has 0 radical (unpaired) electrons. The molecule has 1 aromatic heterocycles. The van der Waals surface area contributed by atoms with Crippen molar-refractivity contribution in [2.45, 2.75) is 25.3 Å². The number of rotatable bonds is 2. The van der Waals surface area contributed by atoms with Crippen LogP contribution in [0.15, 0.2) is 36.7 Å². The van der Waals surface area contributed by atoms with Crippen molar-refractivity contribution in [3.8, 4) is 0 Å². The van der Waals surface area contributed by atoms with Crippen molar-refractivity contribution in [3.05, 3.63) is 36.7 Å². The zero-order chi connectivity index (χ0) is 10.1. The second-order valence-electron chi connectivity index (χ2n) is 4.17. The number of benzene rings is 1. The molecule has 0 amide bonds. The Labute approximate surface area is 89.3 Å². The number of nitrogens with one attached hydrogen (secondary N) is 1. The third kappa shape index (κ3) is 1.56. The van der Waals surface area contributed by atoms with Crippen LogP contribution in [0.4, 0.5) is 5.69 Å². The molecule has 0 atom stereocenters. The molecular formula is C13H14N2. The maximum absolute atomic E-state index is 4.18. The third-order valence-electron chi connectivity index (χ3n) is 3.15. The fourth-order valence-electron chi connectivity index (χ4n) is 2.01. The highest BCUT2D eigenvalue weighted by Crippen LogP contribution is 2.27. The van der Waals surface area contributed by atoms with Crippen LogP contribution in [-0.2, 0) is 0 Å². The van der Waals surface area contributed by atoms with Gasteiger partial charge in [0.05, 0.1) is 0 Å². The topological polar surface area (TPSA) is 24.9 Å². The molecule has 1 aliphatic carbocycles. The van der Waals surface area contributed by atoms with Gasteiger partial charge in [-0.2, -0.15) is 0 Å². The molecule has 2 heteroatoms. The van der Waals surface area contributed by atoms with Crippen LogP contribution in [0.3, 0.4) is 0 Å². The Hall–Kier alpha value is -1.57. The monoisotopic (exact) mass is 198 g/mol. The molecule has 2 aromatic rings. The van der Waals surface area contributed by atoms with E-state index in [-0.39, 0.29) is 0 Å². The third-order valence-corrected chi connectivity index (χ3v) is 3.15. The van der Waals surface area contributed by atoms with E-state index in [4.69, 9.17) is 0 Å². The zero-order valence-electron chi connectivity index (χ0n) is 8.61. The van der Waals surface area contributed by atoms with Gasteiger partial charge in [0.1, 0.15) is 0 Å². The minimum absolute atomic E-state index is 0.677. The number of aromatic nitrogens is 1. The minimum Gasteiger partial charge on any atom is -0.382 e. The van der Waals surface area contributed by atoms with Gasteiger partial charge in [0.25, 0.3) is 0 Å². The van der Waals surface area contributed by atoms with Crippen LogP contribution in [-0.4, -0.2) is 11.0 Å². The number of fused-ring (bicyclic) bond motifs is 1. The first-order valence-electron chi connectivity index (χ1n) is 5.53. The number of anilines is 1. The van der Waals surface area contributed by atoms with Crippen molar-refractivity contribution in [3.63, 3.8) is 0 Å². The minimum atomic E-state index is 0.677. The molecule has 1 heterocycles. The normalized spacial score (nSPS) is 16.3. The molecular weight excluding hydrogens is 184 g/mol. The number of pyridine rings is 1. The van der Waals surface area contributed by atoms with E-state index < -0.39 is 0 Å². The number of nitrogens with zero attached hydrogens (tertiary/aromatic N) is 1. The van der Waals surface area contributed by atoms with E-state index in [2.05, 4.69) is 34.6 Å². The molecule has 1 N–H and O–H groups in total. The van der Waals surface area contributed by atoms with E-state index >= 15 is 0 Å². The van der Waals surface area contributed by atoms with Crippen LogP contribution in [0.2, 0.25) is 0 Å². The summed E-state index contributed by atoms with van der Waals surface area (Å²) in [6.07, 6.45) is 7.75. The van der Waals surface area contributed by atoms with Crippen molar-refractivity contribution in [1.29, 1.82) is 0 Å². The lowest BCUT2D eigenvalue weighted by molar-refractivity contribution is 0.446. The zero-order valence-corrected chi connectivity index (χ0v) is 8.61. The van der Waals surface area contributed by atoms with Crippen LogP contribution in [0, 0.1) is 0 Å². The summed E-state index contributed by atoms with van der Waals surface area (Å²) in [7, 11) is 0. The van der Waals surface area contributed by atoms with Crippen molar-refractivity contribution >= 4 is 16.5 Å². The highest BCUT2D eigenvalue weighted by molar-refractivity contribution is 5.93. The highest BCUT2D eigenvalue weighted by atomic mass is 14.9. The molecule has 15 heavy (non-hydrogen) atoms. The quantitative estimate of drug-likeness (QED) is 0.801. The molecule has 0 spiro atoms. The summed E-state index contributed by atoms with van der Waals surface area (Å²) in [6, 6.07) is 9.10. The predicted molar refractivity (Wildman–Crippen MR) is 63.0 cm³/mol. The average molecular weight is 198 g/mol. The van der Waals surface area contributed by atoms with E-state index in [9.17, 15) is 0 Å². The summed E-state index contributed by atoms with van der Waals surface area (Å²) >= 11 is 0. The van der Waals surface area contributed by atoms with E-state index in [0.29, 0.717) is 6.04 Å². The summed E-state index contributed by atoms with van der Waals surface area (Å²) in [5.74, 6) is 0. The maximum Gasteiger partial charge on any atom is 0.0437 e. The van der Waals surface area contributed by atoms with Gasteiger partial charge in [-0.3, -0.25) is 4.98 Å². The highest BCUT2D eigenvalue weighted by Gasteiger charge is 2.17. The van der Waals surface area contributed by atoms with Crippen LogP contribution >= 0.6 is 0 Å². The fourth-order valence-corrected chi connectivity index (χ4v) is 2.01. The molecule has 1 aliphatic rings. The molecule has 2 nitrogen and oxygen atoms in total. The molecule has 0 unspecified atom stereocenters. The predicted octanol–water partition coefficient (Wildman–Crippen LogP) is 3.20. The van der Waals surface area contributed by atoms with Crippen LogP contribution in [0.25, 0.3) is 10.8 Å². The van der Waals surface area contributed by atoms with Gasteiger partial charge >= 0.3 is 0 Å². The van der Waals surface area contributed by atoms with Gasteiger partial charge in [0.2, 0.25) is 0 Å².